The molecule has 61 heavy (non-hydrogen) atoms. The van der Waals surface area contributed by atoms with Crippen LogP contribution in [0.1, 0.15) is 94.8 Å². The lowest BCUT2D eigenvalue weighted by atomic mass is 9.74. The second-order valence-corrected chi connectivity index (χ2v) is 16.3. The minimum atomic E-state index is -1.69. The SMILES string of the molecule is Oc1ccc([C@H]2Oc3c(cc([C@H]4c5ccc(O)c(O)c5O[C@H](c5ccc(O)cc5)[C@H]4O)c(O)c3O)[C@@H](c3cc4c(c(O)c3O)O[C@H](C3CCC(O)CC3)[C@@H](O)[C@@H]4O)[C@@H]2O)cc1. The lowest BCUT2D eigenvalue weighted by molar-refractivity contribution is -0.0981. The Kier molecular flexibility index (Phi) is 9.87. The van der Waals surface area contributed by atoms with Gasteiger partial charge in [0.15, 0.2) is 46.7 Å². The summed E-state index contributed by atoms with van der Waals surface area (Å²) in [6, 6.07) is 16.2. The molecular formula is C45H44O16. The summed E-state index contributed by atoms with van der Waals surface area (Å²) in [6.45, 7) is 0. The first-order valence-corrected chi connectivity index (χ1v) is 19.8. The van der Waals surface area contributed by atoms with Crippen LogP contribution in [0.25, 0.3) is 0 Å². The number of aromatic hydroxyl groups is 8. The third kappa shape index (κ3) is 6.49. The van der Waals surface area contributed by atoms with Gasteiger partial charge in [-0.2, -0.15) is 0 Å². The van der Waals surface area contributed by atoms with Crippen molar-refractivity contribution in [1.82, 2.24) is 0 Å². The molecule has 1 fully saturated rings. The first kappa shape index (κ1) is 40.1. The van der Waals surface area contributed by atoms with E-state index in [0.29, 0.717) is 31.2 Å². The van der Waals surface area contributed by atoms with Crippen LogP contribution in [0.3, 0.4) is 0 Å². The molecule has 0 aromatic heterocycles. The molecule has 5 aromatic carbocycles. The van der Waals surface area contributed by atoms with E-state index in [1.165, 1.54) is 66.7 Å². The monoisotopic (exact) mass is 840 g/mol. The van der Waals surface area contributed by atoms with E-state index in [-0.39, 0.29) is 68.0 Å². The smallest absolute Gasteiger partial charge is 0.201 e. The zero-order chi connectivity index (χ0) is 43.2. The van der Waals surface area contributed by atoms with Crippen LogP contribution in [0.5, 0.6) is 63.2 Å². The highest BCUT2D eigenvalue weighted by Crippen LogP contribution is 2.60. The molecule has 3 aliphatic heterocycles. The van der Waals surface area contributed by atoms with E-state index in [2.05, 4.69) is 0 Å². The molecule has 1 aliphatic carbocycles. The molecule has 13 N–H and O–H groups in total. The summed E-state index contributed by atoms with van der Waals surface area (Å²) >= 11 is 0. The summed E-state index contributed by atoms with van der Waals surface area (Å²) in [5.74, 6) is -8.78. The molecule has 0 spiro atoms. The Bertz CT molecular complexity index is 2480. The highest BCUT2D eigenvalue weighted by molar-refractivity contribution is 5.69. The van der Waals surface area contributed by atoms with Crippen molar-refractivity contribution in [1.29, 1.82) is 0 Å². The highest BCUT2D eigenvalue weighted by atomic mass is 16.5. The maximum atomic E-state index is 12.3. The van der Waals surface area contributed by atoms with Crippen molar-refractivity contribution < 1.29 is 80.6 Å². The number of hydrogen-bond acceptors (Lipinski definition) is 16. The van der Waals surface area contributed by atoms with Gasteiger partial charge in [0.05, 0.1) is 6.10 Å². The third-order valence-corrected chi connectivity index (χ3v) is 12.7. The van der Waals surface area contributed by atoms with Crippen molar-refractivity contribution >= 4 is 0 Å². The molecule has 3 heterocycles. The fourth-order valence-corrected chi connectivity index (χ4v) is 9.53. The zero-order valence-electron chi connectivity index (χ0n) is 32.1. The van der Waals surface area contributed by atoms with Gasteiger partial charge in [-0.15, -0.1) is 0 Å². The molecule has 0 saturated heterocycles. The van der Waals surface area contributed by atoms with Gasteiger partial charge in [-0.3, -0.25) is 0 Å². The average Bonchev–Trinajstić information content (AvgIpc) is 3.24. The summed E-state index contributed by atoms with van der Waals surface area (Å²) in [5, 5.41) is 146. The maximum Gasteiger partial charge on any atom is 0.201 e. The largest absolute Gasteiger partial charge is 0.508 e. The molecule has 1 saturated carbocycles. The van der Waals surface area contributed by atoms with E-state index in [1.54, 1.807) is 0 Å². The molecule has 16 heteroatoms. The van der Waals surface area contributed by atoms with Crippen LogP contribution in [-0.2, 0) is 0 Å². The molecule has 9 rings (SSSR count). The van der Waals surface area contributed by atoms with Crippen LogP contribution in [0.4, 0.5) is 0 Å². The number of aliphatic hydroxyl groups excluding tert-OH is 5. The lowest BCUT2D eigenvalue weighted by Gasteiger charge is -2.42. The molecule has 5 aromatic rings. The Balaban J connectivity index is 1.22. The average molecular weight is 841 g/mol. The minimum Gasteiger partial charge on any atom is -0.508 e. The molecule has 320 valence electrons. The summed E-state index contributed by atoms with van der Waals surface area (Å²) < 4.78 is 18.4. The summed E-state index contributed by atoms with van der Waals surface area (Å²) in [4.78, 5) is 0. The number of fused-ring (bicyclic) bond motifs is 3. The van der Waals surface area contributed by atoms with Crippen molar-refractivity contribution in [3.63, 3.8) is 0 Å². The number of rotatable bonds is 5. The fourth-order valence-electron chi connectivity index (χ4n) is 9.53. The van der Waals surface area contributed by atoms with Crippen LogP contribution >= 0.6 is 0 Å². The van der Waals surface area contributed by atoms with Crippen LogP contribution in [0.2, 0.25) is 0 Å². The first-order chi connectivity index (χ1) is 29.1. The van der Waals surface area contributed by atoms with Gasteiger partial charge in [0.1, 0.15) is 42.0 Å². The number of phenolic OH excluding ortho intramolecular Hbond substituents is 8. The molecule has 0 unspecified atom stereocenters. The van der Waals surface area contributed by atoms with Gasteiger partial charge < -0.3 is 80.6 Å². The Labute approximate surface area is 347 Å². The predicted octanol–water partition coefficient (Wildman–Crippen LogP) is 4.29. The molecule has 0 amide bonds. The number of benzene rings is 5. The topological polar surface area (TPSA) is 291 Å². The normalized spacial score (nSPS) is 29.2. The summed E-state index contributed by atoms with van der Waals surface area (Å²) in [7, 11) is 0. The molecule has 0 radical (unpaired) electrons. The van der Waals surface area contributed by atoms with Crippen LogP contribution in [-0.4, -0.2) is 96.9 Å². The van der Waals surface area contributed by atoms with E-state index < -0.39 is 95.2 Å². The summed E-state index contributed by atoms with van der Waals surface area (Å²) in [5.41, 5.74) is 0.0400. The highest BCUT2D eigenvalue weighted by Gasteiger charge is 2.49. The predicted molar refractivity (Wildman–Crippen MR) is 211 cm³/mol. The Morgan fingerprint density at radius 2 is 0.869 bits per heavy atom. The number of hydrogen-bond donors (Lipinski definition) is 13. The second kappa shape index (κ2) is 15.0. The second-order valence-electron chi connectivity index (χ2n) is 16.3. The molecule has 0 bridgehead atoms. The quantitative estimate of drug-likeness (QED) is 0.110. The van der Waals surface area contributed by atoms with E-state index in [9.17, 15) is 66.4 Å². The Morgan fingerprint density at radius 1 is 0.410 bits per heavy atom. The van der Waals surface area contributed by atoms with Crippen LogP contribution in [0, 0.1) is 5.92 Å². The van der Waals surface area contributed by atoms with Gasteiger partial charge >= 0.3 is 0 Å². The van der Waals surface area contributed by atoms with Crippen molar-refractivity contribution in [2.24, 2.45) is 5.92 Å². The Hall–Kier alpha value is -6.30. The van der Waals surface area contributed by atoms with E-state index in [1.807, 2.05) is 0 Å². The first-order valence-electron chi connectivity index (χ1n) is 19.8. The van der Waals surface area contributed by atoms with Crippen molar-refractivity contribution in [2.45, 2.75) is 86.4 Å². The van der Waals surface area contributed by atoms with E-state index in [0.717, 1.165) is 6.07 Å². The molecule has 9 atom stereocenters. The molecule has 16 nitrogen and oxygen atoms in total. The van der Waals surface area contributed by atoms with Crippen molar-refractivity contribution in [3.8, 4) is 63.2 Å². The van der Waals surface area contributed by atoms with Crippen molar-refractivity contribution in [2.75, 3.05) is 0 Å². The van der Waals surface area contributed by atoms with E-state index >= 15 is 0 Å². The number of ether oxygens (including phenoxy) is 3. The van der Waals surface area contributed by atoms with Crippen molar-refractivity contribution in [3.05, 3.63) is 112 Å². The maximum absolute atomic E-state index is 12.3. The van der Waals surface area contributed by atoms with Gasteiger partial charge in [0, 0.05) is 39.7 Å². The summed E-state index contributed by atoms with van der Waals surface area (Å²) in [6.07, 6.45) is -8.78. The fraction of sp³-hybridized carbons (Fsp3) is 0.333. The van der Waals surface area contributed by atoms with Gasteiger partial charge in [-0.25, -0.2) is 0 Å². The van der Waals surface area contributed by atoms with Gasteiger partial charge in [0.2, 0.25) is 17.2 Å². The number of aliphatic hydroxyl groups is 5. The third-order valence-electron chi connectivity index (χ3n) is 12.7. The van der Waals surface area contributed by atoms with Crippen LogP contribution < -0.4 is 14.2 Å². The van der Waals surface area contributed by atoms with Gasteiger partial charge in [-0.05, 0) is 85.2 Å². The van der Waals surface area contributed by atoms with Gasteiger partial charge in [0.25, 0.3) is 0 Å². The molecular weight excluding hydrogens is 796 g/mol. The molecule has 4 aliphatic rings. The van der Waals surface area contributed by atoms with Gasteiger partial charge in [-0.1, -0.05) is 30.3 Å². The number of phenols is 8. The zero-order valence-corrected chi connectivity index (χ0v) is 32.1. The van der Waals surface area contributed by atoms with E-state index in [4.69, 9.17) is 14.2 Å². The lowest BCUT2D eigenvalue weighted by Crippen LogP contribution is -2.46. The minimum absolute atomic E-state index is 0.0637. The Morgan fingerprint density at radius 3 is 1.39 bits per heavy atom. The van der Waals surface area contributed by atoms with Crippen LogP contribution in [0.15, 0.2) is 72.8 Å². The standard InChI is InChI=1S/C45H44O16/c46-20-7-1-17(2-8-20)40-35(54)29(23-13-14-28(49)34(53)43(23)59-40)24-15-26-30(36(55)41(18-3-9-21(47)10-4-18)60-44(26)38(57)31(24)50)25-16-27-33(52)37(56)42(19-5-11-22(48)12-6-19)61-45(27)39(58)32(25)51/h1-4,7-10,13-16,19,22,29-30,33,35-37,40-42,46-58H,5-6,11-12H2/t19?,22?,29-,30-,33-,35+,36+,37+,40-,41-,42-/m1/s1.